The van der Waals surface area contributed by atoms with Crippen molar-refractivity contribution in [3.8, 4) is 0 Å². The molecule has 0 aromatic heterocycles. The summed E-state index contributed by atoms with van der Waals surface area (Å²) in [6, 6.07) is 33.6. The van der Waals surface area contributed by atoms with E-state index in [0.29, 0.717) is 0 Å². The van der Waals surface area contributed by atoms with Gasteiger partial charge < -0.3 is 5.11 Å². The van der Waals surface area contributed by atoms with Gasteiger partial charge in [-0.05, 0) is 62.6 Å². The molecule has 3 aromatic carbocycles. The van der Waals surface area contributed by atoms with E-state index in [4.69, 9.17) is 0 Å². The average molecular weight is 420 g/mol. The van der Waals surface area contributed by atoms with Gasteiger partial charge in [0.25, 0.3) is 0 Å². The Bertz CT molecular complexity index is 734. The van der Waals surface area contributed by atoms with Crippen LogP contribution in [0.25, 0.3) is 0 Å². The Morgan fingerprint density at radius 2 is 0.933 bits per heavy atom. The van der Waals surface area contributed by atoms with Crippen molar-refractivity contribution in [1.29, 1.82) is 0 Å². The lowest BCUT2D eigenvalue weighted by Gasteiger charge is -2.27. The van der Waals surface area contributed by atoms with E-state index in [2.05, 4.69) is 91.0 Å². The third-order valence-electron chi connectivity index (χ3n) is 5.96. The smallest absolute Gasteiger partial charge is 0.112 e. The number of hydrogen-bond donors (Lipinski definition) is 1. The first kappa shape index (κ1) is 22.7. The van der Waals surface area contributed by atoms with Gasteiger partial charge in [0, 0.05) is 0 Å². The fourth-order valence-corrected chi connectivity index (χ4v) is 8.79. The van der Waals surface area contributed by atoms with Crippen molar-refractivity contribution in [2.75, 3.05) is 6.16 Å². The molecule has 3 rings (SSSR count). The van der Waals surface area contributed by atoms with E-state index in [1.165, 1.54) is 54.2 Å². The Hall–Kier alpha value is -1.95. The highest BCUT2D eigenvalue weighted by atomic mass is 31.2. The van der Waals surface area contributed by atoms with Gasteiger partial charge in [0.05, 0.1) is 12.3 Å². The lowest BCUT2D eigenvalue weighted by Crippen LogP contribution is -2.33. The van der Waals surface area contributed by atoms with Gasteiger partial charge in [-0.25, -0.2) is 0 Å². The largest absolute Gasteiger partial charge is 0.393 e. The summed E-state index contributed by atoms with van der Waals surface area (Å²) in [4.78, 5) is 0. The van der Waals surface area contributed by atoms with Crippen LogP contribution in [0.5, 0.6) is 0 Å². The second-order valence-corrected chi connectivity index (χ2v) is 11.9. The first-order chi connectivity index (χ1) is 14.7. The summed E-state index contributed by atoms with van der Waals surface area (Å²) in [6.45, 7) is 1.89. The maximum Gasteiger partial charge on any atom is 0.112 e. The molecule has 158 valence electrons. The van der Waals surface area contributed by atoms with Crippen molar-refractivity contribution in [3.05, 3.63) is 91.0 Å². The van der Waals surface area contributed by atoms with Gasteiger partial charge in [0.1, 0.15) is 23.2 Å². The van der Waals surface area contributed by atoms with Crippen molar-refractivity contribution in [2.45, 2.75) is 58.0 Å². The van der Waals surface area contributed by atoms with Crippen LogP contribution in [0, 0.1) is 0 Å². The van der Waals surface area contributed by atoms with Crippen molar-refractivity contribution in [1.82, 2.24) is 0 Å². The summed E-state index contributed by atoms with van der Waals surface area (Å²) in [5, 5.41) is 13.9. The zero-order chi connectivity index (χ0) is 21.1. The average Bonchev–Trinajstić information content (AvgIpc) is 2.80. The Kier molecular flexibility index (Phi) is 9.12. The molecule has 0 radical (unpaired) electrons. The summed E-state index contributed by atoms with van der Waals surface area (Å²) in [6.07, 6.45) is 9.49. The molecule has 1 N–H and O–H groups in total. The molecule has 1 atom stereocenters. The molecule has 0 bridgehead atoms. The van der Waals surface area contributed by atoms with E-state index in [9.17, 15) is 5.11 Å². The van der Waals surface area contributed by atoms with Crippen LogP contribution in [0.3, 0.4) is 0 Å². The van der Waals surface area contributed by atoms with Gasteiger partial charge in [0.2, 0.25) is 0 Å². The van der Waals surface area contributed by atoms with Crippen LogP contribution < -0.4 is 15.9 Å². The number of aliphatic hydroxyl groups is 1. The predicted molar refractivity (Wildman–Crippen MR) is 134 cm³/mol. The molecule has 30 heavy (non-hydrogen) atoms. The van der Waals surface area contributed by atoms with E-state index in [1.54, 1.807) is 0 Å². The zero-order valence-electron chi connectivity index (χ0n) is 18.3. The third-order valence-corrected chi connectivity index (χ3v) is 10.5. The molecule has 2 heteroatoms. The van der Waals surface area contributed by atoms with Gasteiger partial charge in [-0.3, -0.25) is 0 Å². The first-order valence-corrected chi connectivity index (χ1v) is 13.4. The molecule has 3 aromatic rings. The van der Waals surface area contributed by atoms with Gasteiger partial charge in [-0.15, -0.1) is 0 Å². The van der Waals surface area contributed by atoms with Gasteiger partial charge in [-0.2, -0.15) is 0 Å². The molecule has 0 aliphatic carbocycles. The SMILES string of the molecule is CC(O)CCCCCCCC[P+](c1ccccc1)(c1ccccc1)c1ccccc1. The van der Waals surface area contributed by atoms with Crippen LogP contribution >= 0.6 is 7.26 Å². The maximum atomic E-state index is 9.41. The number of benzene rings is 3. The van der Waals surface area contributed by atoms with Gasteiger partial charge in [0.15, 0.2) is 0 Å². The van der Waals surface area contributed by atoms with Crippen LogP contribution in [-0.2, 0) is 0 Å². The molecule has 0 spiro atoms. The number of unbranched alkanes of at least 4 members (excludes halogenated alkanes) is 5. The van der Waals surface area contributed by atoms with E-state index in [0.717, 1.165) is 12.8 Å². The first-order valence-electron chi connectivity index (χ1n) is 11.5. The molecular weight excluding hydrogens is 383 g/mol. The van der Waals surface area contributed by atoms with Crippen LogP contribution in [0.1, 0.15) is 51.9 Å². The summed E-state index contributed by atoms with van der Waals surface area (Å²) >= 11 is 0. The minimum atomic E-state index is -1.66. The topological polar surface area (TPSA) is 20.2 Å². The van der Waals surface area contributed by atoms with Gasteiger partial charge in [-0.1, -0.05) is 80.3 Å². The Labute approximate surface area is 183 Å². The number of aliphatic hydroxyl groups excluding tert-OH is 1. The number of hydrogen-bond acceptors (Lipinski definition) is 1. The second-order valence-electron chi connectivity index (χ2n) is 8.30. The fraction of sp³-hybridized carbons (Fsp3) is 0.357. The maximum absolute atomic E-state index is 9.41. The standard InChI is InChI=1S/C28H36OP/c1-25(29)17-9-4-2-3-5-16-24-30(26-18-10-6-11-19-26,27-20-12-7-13-21-27)28-22-14-8-15-23-28/h6-8,10-15,18-23,25,29H,2-5,9,16-17,24H2,1H3/q+1. The van der Waals surface area contributed by atoms with Crippen LogP contribution in [0.2, 0.25) is 0 Å². The minimum absolute atomic E-state index is 0.155. The Balaban J connectivity index is 1.78. The molecule has 0 heterocycles. The van der Waals surface area contributed by atoms with Crippen molar-refractivity contribution in [3.63, 3.8) is 0 Å². The van der Waals surface area contributed by atoms with Crippen molar-refractivity contribution in [2.24, 2.45) is 0 Å². The summed E-state index contributed by atoms with van der Waals surface area (Å²) in [5.74, 6) is 0. The molecule has 0 aliphatic rings. The quantitative estimate of drug-likeness (QED) is 0.278. The molecule has 0 saturated carbocycles. The lowest BCUT2D eigenvalue weighted by molar-refractivity contribution is 0.180. The van der Waals surface area contributed by atoms with Crippen LogP contribution in [0.4, 0.5) is 0 Å². The lowest BCUT2D eigenvalue weighted by atomic mass is 10.1. The molecule has 1 unspecified atom stereocenters. The summed E-state index contributed by atoms with van der Waals surface area (Å²) in [5.41, 5.74) is 0. The summed E-state index contributed by atoms with van der Waals surface area (Å²) < 4.78 is 0. The van der Waals surface area contributed by atoms with Gasteiger partial charge >= 0.3 is 0 Å². The third kappa shape index (κ3) is 6.03. The van der Waals surface area contributed by atoms with E-state index in [-0.39, 0.29) is 6.10 Å². The predicted octanol–water partition coefficient (Wildman–Crippen LogP) is 6.09. The number of rotatable bonds is 12. The van der Waals surface area contributed by atoms with Crippen molar-refractivity contribution < 1.29 is 5.11 Å². The van der Waals surface area contributed by atoms with Crippen molar-refractivity contribution >= 4 is 23.2 Å². The highest BCUT2D eigenvalue weighted by Crippen LogP contribution is 2.55. The highest BCUT2D eigenvalue weighted by molar-refractivity contribution is 7.95. The zero-order valence-corrected chi connectivity index (χ0v) is 19.2. The fourth-order valence-electron chi connectivity index (χ4n) is 4.38. The van der Waals surface area contributed by atoms with E-state index < -0.39 is 7.26 Å². The molecule has 0 aliphatic heterocycles. The normalized spacial score (nSPS) is 12.6. The highest BCUT2D eigenvalue weighted by Gasteiger charge is 2.44. The minimum Gasteiger partial charge on any atom is -0.393 e. The molecular formula is C28H36OP+. The molecule has 0 amide bonds. The molecule has 0 saturated heterocycles. The second kappa shape index (κ2) is 12.0. The summed E-state index contributed by atoms with van der Waals surface area (Å²) in [7, 11) is -1.66. The van der Waals surface area contributed by atoms with Crippen LogP contribution in [-0.4, -0.2) is 17.4 Å². The Morgan fingerprint density at radius 1 is 0.567 bits per heavy atom. The molecule has 1 nitrogen and oxygen atoms in total. The molecule has 0 fully saturated rings. The Morgan fingerprint density at radius 3 is 1.33 bits per heavy atom. The van der Waals surface area contributed by atoms with E-state index in [1.807, 2.05) is 6.92 Å². The monoisotopic (exact) mass is 419 g/mol. The van der Waals surface area contributed by atoms with E-state index >= 15 is 0 Å². The van der Waals surface area contributed by atoms with Crippen LogP contribution in [0.15, 0.2) is 91.0 Å².